The van der Waals surface area contributed by atoms with Gasteiger partial charge in [0.2, 0.25) is 5.91 Å². The number of ether oxygens (including phenoxy) is 1. The van der Waals surface area contributed by atoms with Crippen molar-refractivity contribution in [3.05, 3.63) is 0 Å². The lowest BCUT2D eigenvalue weighted by atomic mass is 9.58. The third-order valence-corrected chi connectivity index (χ3v) is 3.20. The zero-order valence-electron chi connectivity index (χ0n) is 10.3. The summed E-state index contributed by atoms with van der Waals surface area (Å²) in [6, 6.07) is 0. The molecule has 0 aromatic carbocycles. The van der Waals surface area contributed by atoms with Gasteiger partial charge >= 0.3 is 0 Å². The van der Waals surface area contributed by atoms with Crippen molar-refractivity contribution in [2.24, 2.45) is 22.5 Å². The van der Waals surface area contributed by atoms with Crippen molar-refractivity contribution >= 4 is 5.91 Å². The van der Waals surface area contributed by atoms with Gasteiger partial charge in [0, 0.05) is 7.11 Å². The van der Waals surface area contributed by atoms with Gasteiger partial charge in [0.1, 0.15) is 0 Å². The minimum Gasteiger partial charge on any atom is -0.384 e. The van der Waals surface area contributed by atoms with Crippen molar-refractivity contribution in [1.29, 1.82) is 0 Å². The molecule has 0 saturated heterocycles. The number of methoxy groups -OCH3 is 1. The predicted molar refractivity (Wildman–Crippen MR) is 60.3 cm³/mol. The summed E-state index contributed by atoms with van der Waals surface area (Å²) in [5, 5.41) is 0. The fourth-order valence-electron chi connectivity index (χ4n) is 2.72. The van der Waals surface area contributed by atoms with E-state index in [0.29, 0.717) is 17.9 Å². The Kier molecular flexibility index (Phi) is 3.44. The molecule has 0 aromatic rings. The summed E-state index contributed by atoms with van der Waals surface area (Å²) in [6.45, 7) is 7.16. The van der Waals surface area contributed by atoms with Crippen LogP contribution in [0.5, 0.6) is 0 Å². The van der Waals surface area contributed by atoms with Gasteiger partial charge in [-0.2, -0.15) is 0 Å². The minimum absolute atomic E-state index is 0.200. The zero-order valence-corrected chi connectivity index (χ0v) is 10.3. The Morgan fingerprint density at radius 2 is 2.00 bits per heavy atom. The summed E-state index contributed by atoms with van der Waals surface area (Å²) in [4.78, 5) is 11.3. The SMILES string of the molecule is COCC1(C(N)=O)CC(CC(C)(C)C)C1. The smallest absolute Gasteiger partial charge is 0.225 e. The monoisotopic (exact) mass is 213 g/mol. The average molecular weight is 213 g/mol. The Morgan fingerprint density at radius 1 is 1.47 bits per heavy atom. The number of carbonyl (C=O) groups is 1. The van der Waals surface area contributed by atoms with E-state index in [2.05, 4.69) is 20.8 Å². The molecule has 3 nitrogen and oxygen atoms in total. The van der Waals surface area contributed by atoms with Crippen LogP contribution < -0.4 is 5.73 Å². The quantitative estimate of drug-likeness (QED) is 0.776. The van der Waals surface area contributed by atoms with Crippen LogP contribution in [0.15, 0.2) is 0 Å². The zero-order chi connectivity index (χ0) is 11.7. The number of rotatable bonds is 4. The molecule has 1 aliphatic carbocycles. The Morgan fingerprint density at radius 3 is 2.33 bits per heavy atom. The summed E-state index contributed by atoms with van der Waals surface area (Å²) in [5.41, 5.74) is 5.39. The fraction of sp³-hybridized carbons (Fsp3) is 0.917. The Balaban J connectivity index is 2.48. The predicted octanol–water partition coefficient (Wildman–Crippen LogP) is 1.95. The summed E-state index contributed by atoms with van der Waals surface area (Å²) in [6.07, 6.45) is 2.95. The lowest BCUT2D eigenvalue weighted by Crippen LogP contribution is -2.51. The van der Waals surface area contributed by atoms with Crippen LogP contribution in [0.4, 0.5) is 0 Å². The van der Waals surface area contributed by atoms with Crippen molar-refractivity contribution in [3.8, 4) is 0 Å². The van der Waals surface area contributed by atoms with Gasteiger partial charge < -0.3 is 10.5 Å². The molecule has 0 radical (unpaired) electrons. The van der Waals surface area contributed by atoms with E-state index in [0.717, 1.165) is 19.3 Å². The molecule has 1 aliphatic rings. The Bertz CT molecular complexity index is 236. The van der Waals surface area contributed by atoms with Gasteiger partial charge in [0.25, 0.3) is 0 Å². The molecule has 0 unspecified atom stereocenters. The first-order valence-electron chi connectivity index (χ1n) is 5.58. The van der Waals surface area contributed by atoms with Gasteiger partial charge in [-0.1, -0.05) is 20.8 Å². The molecule has 15 heavy (non-hydrogen) atoms. The van der Waals surface area contributed by atoms with Crippen molar-refractivity contribution in [2.45, 2.75) is 40.0 Å². The number of nitrogens with two attached hydrogens (primary N) is 1. The normalized spacial score (nSPS) is 31.1. The standard InChI is InChI=1S/C12H23NO2/c1-11(2,3)5-9-6-12(7-9,8-15-4)10(13)14/h9H,5-8H2,1-4H3,(H2,13,14). The number of amides is 1. The van der Waals surface area contributed by atoms with Gasteiger partial charge in [-0.15, -0.1) is 0 Å². The maximum Gasteiger partial charge on any atom is 0.225 e. The molecule has 1 rings (SSSR count). The van der Waals surface area contributed by atoms with Crippen LogP contribution in [0, 0.1) is 16.7 Å². The second-order valence-corrected chi connectivity index (χ2v) is 6.12. The molecule has 1 fully saturated rings. The highest BCUT2D eigenvalue weighted by Gasteiger charge is 2.49. The Labute approximate surface area is 92.4 Å². The van der Waals surface area contributed by atoms with Crippen LogP contribution in [0.3, 0.4) is 0 Å². The van der Waals surface area contributed by atoms with Crippen LogP contribution >= 0.6 is 0 Å². The molecule has 0 aliphatic heterocycles. The van der Waals surface area contributed by atoms with Crippen molar-refractivity contribution < 1.29 is 9.53 Å². The van der Waals surface area contributed by atoms with E-state index in [-0.39, 0.29) is 11.3 Å². The topological polar surface area (TPSA) is 52.3 Å². The maximum atomic E-state index is 11.3. The van der Waals surface area contributed by atoms with E-state index in [1.54, 1.807) is 7.11 Å². The lowest BCUT2D eigenvalue weighted by Gasteiger charge is -2.46. The van der Waals surface area contributed by atoms with Gasteiger partial charge in [-0.25, -0.2) is 0 Å². The highest BCUT2D eigenvalue weighted by molar-refractivity contribution is 5.82. The van der Waals surface area contributed by atoms with Gasteiger partial charge in [-0.3, -0.25) is 4.79 Å². The van der Waals surface area contributed by atoms with Gasteiger partial charge in [0.15, 0.2) is 0 Å². The van der Waals surface area contributed by atoms with E-state index < -0.39 is 0 Å². The third kappa shape index (κ3) is 2.94. The van der Waals surface area contributed by atoms with Crippen LogP contribution in [0.25, 0.3) is 0 Å². The first-order chi connectivity index (χ1) is 6.79. The largest absolute Gasteiger partial charge is 0.384 e. The van der Waals surface area contributed by atoms with Crippen LogP contribution in [-0.4, -0.2) is 19.6 Å². The maximum absolute atomic E-state index is 11.3. The molecular formula is C12H23NO2. The molecule has 0 aromatic heterocycles. The second-order valence-electron chi connectivity index (χ2n) is 6.12. The second kappa shape index (κ2) is 4.12. The molecule has 1 saturated carbocycles. The fourth-order valence-corrected chi connectivity index (χ4v) is 2.72. The van der Waals surface area contributed by atoms with E-state index in [9.17, 15) is 4.79 Å². The molecule has 1 amide bonds. The summed E-state index contributed by atoms with van der Waals surface area (Å²) >= 11 is 0. The minimum atomic E-state index is -0.370. The number of primary amides is 1. The first-order valence-corrected chi connectivity index (χ1v) is 5.58. The van der Waals surface area contributed by atoms with Crippen molar-refractivity contribution in [3.63, 3.8) is 0 Å². The number of hydrogen-bond acceptors (Lipinski definition) is 2. The number of hydrogen-bond donors (Lipinski definition) is 1. The average Bonchev–Trinajstić information content (AvgIpc) is 1.97. The van der Waals surface area contributed by atoms with Gasteiger partial charge in [-0.05, 0) is 30.6 Å². The third-order valence-electron chi connectivity index (χ3n) is 3.20. The van der Waals surface area contributed by atoms with Crippen LogP contribution in [-0.2, 0) is 9.53 Å². The molecule has 3 heteroatoms. The highest BCUT2D eigenvalue weighted by atomic mass is 16.5. The molecule has 0 bridgehead atoms. The molecule has 0 heterocycles. The molecular weight excluding hydrogens is 190 g/mol. The van der Waals surface area contributed by atoms with E-state index in [4.69, 9.17) is 10.5 Å². The van der Waals surface area contributed by atoms with Crippen LogP contribution in [0.2, 0.25) is 0 Å². The first kappa shape index (κ1) is 12.5. The van der Waals surface area contributed by atoms with E-state index in [1.807, 2.05) is 0 Å². The van der Waals surface area contributed by atoms with E-state index in [1.165, 1.54) is 0 Å². The summed E-state index contributed by atoms with van der Waals surface area (Å²) < 4.78 is 5.09. The van der Waals surface area contributed by atoms with Crippen molar-refractivity contribution in [2.75, 3.05) is 13.7 Å². The molecule has 0 atom stereocenters. The van der Waals surface area contributed by atoms with E-state index >= 15 is 0 Å². The summed E-state index contributed by atoms with van der Waals surface area (Å²) in [7, 11) is 1.63. The van der Waals surface area contributed by atoms with Gasteiger partial charge in [0.05, 0.1) is 12.0 Å². The summed E-state index contributed by atoms with van der Waals surface area (Å²) in [5.74, 6) is 0.433. The highest BCUT2D eigenvalue weighted by Crippen LogP contribution is 2.49. The Hall–Kier alpha value is -0.570. The molecule has 0 spiro atoms. The van der Waals surface area contributed by atoms with Crippen molar-refractivity contribution in [1.82, 2.24) is 0 Å². The number of carbonyl (C=O) groups excluding carboxylic acids is 1. The molecule has 88 valence electrons. The molecule has 2 N–H and O–H groups in total. The lowest BCUT2D eigenvalue weighted by molar-refractivity contribution is -0.142. The van der Waals surface area contributed by atoms with Crippen LogP contribution in [0.1, 0.15) is 40.0 Å².